The fourth-order valence-corrected chi connectivity index (χ4v) is 1.81. The molecule has 0 aliphatic carbocycles. The first-order valence-corrected chi connectivity index (χ1v) is 5.95. The smallest absolute Gasteiger partial charge is 0.125 e. The second kappa shape index (κ2) is 5.64. The number of rotatable bonds is 5. The van der Waals surface area contributed by atoms with E-state index in [-0.39, 0.29) is 5.82 Å². The van der Waals surface area contributed by atoms with Gasteiger partial charge in [-0.05, 0) is 37.1 Å². The second-order valence-electron chi connectivity index (χ2n) is 4.23. The van der Waals surface area contributed by atoms with Gasteiger partial charge in [0.1, 0.15) is 11.6 Å². The standard InChI is InChI=1S/C13H17FN4/c14-12-5-3-10(4-6-12)9-18-13(16)11(8-17-18)2-1-7-15/h3-6,8H,1-2,7,9,15-16H2. The van der Waals surface area contributed by atoms with Gasteiger partial charge >= 0.3 is 0 Å². The van der Waals surface area contributed by atoms with Crippen molar-refractivity contribution in [2.45, 2.75) is 19.4 Å². The molecule has 0 unspecified atom stereocenters. The maximum absolute atomic E-state index is 12.8. The third-order valence-corrected chi connectivity index (χ3v) is 2.86. The number of nitrogens with two attached hydrogens (primary N) is 2. The zero-order valence-corrected chi connectivity index (χ0v) is 10.1. The van der Waals surface area contributed by atoms with Crippen LogP contribution < -0.4 is 11.5 Å². The first-order chi connectivity index (χ1) is 8.70. The normalized spacial score (nSPS) is 10.8. The molecule has 0 spiro atoms. The molecule has 4 N–H and O–H groups in total. The number of halogens is 1. The van der Waals surface area contributed by atoms with Crippen LogP contribution in [0.1, 0.15) is 17.5 Å². The SMILES string of the molecule is NCCCc1cnn(Cc2ccc(F)cc2)c1N. The summed E-state index contributed by atoms with van der Waals surface area (Å²) in [6.45, 7) is 1.19. The third-order valence-electron chi connectivity index (χ3n) is 2.86. The van der Waals surface area contributed by atoms with Gasteiger partial charge in [-0.1, -0.05) is 12.1 Å². The van der Waals surface area contributed by atoms with Gasteiger partial charge in [0.15, 0.2) is 0 Å². The van der Waals surface area contributed by atoms with Crippen molar-refractivity contribution in [2.24, 2.45) is 5.73 Å². The molecule has 2 aromatic rings. The van der Waals surface area contributed by atoms with Gasteiger partial charge in [-0.25, -0.2) is 9.07 Å². The first kappa shape index (κ1) is 12.6. The highest BCUT2D eigenvalue weighted by Crippen LogP contribution is 2.15. The van der Waals surface area contributed by atoms with E-state index >= 15 is 0 Å². The lowest BCUT2D eigenvalue weighted by Crippen LogP contribution is -2.07. The Labute approximate surface area is 105 Å². The molecule has 0 amide bonds. The van der Waals surface area contributed by atoms with Crippen LogP contribution in [0, 0.1) is 5.82 Å². The van der Waals surface area contributed by atoms with Crippen molar-refractivity contribution in [3.8, 4) is 0 Å². The molecular weight excluding hydrogens is 231 g/mol. The van der Waals surface area contributed by atoms with Gasteiger partial charge in [-0.15, -0.1) is 0 Å². The van der Waals surface area contributed by atoms with E-state index in [0.29, 0.717) is 18.9 Å². The summed E-state index contributed by atoms with van der Waals surface area (Å²) in [5.74, 6) is 0.420. The van der Waals surface area contributed by atoms with Crippen molar-refractivity contribution in [1.29, 1.82) is 0 Å². The van der Waals surface area contributed by atoms with Crippen LogP contribution in [0.4, 0.5) is 10.2 Å². The molecule has 0 aliphatic heterocycles. The van der Waals surface area contributed by atoms with Crippen LogP contribution in [0.15, 0.2) is 30.5 Å². The highest BCUT2D eigenvalue weighted by Gasteiger charge is 2.07. The lowest BCUT2D eigenvalue weighted by molar-refractivity contribution is 0.625. The Morgan fingerprint density at radius 3 is 2.61 bits per heavy atom. The molecule has 0 aliphatic rings. The molecule has 0 radical (unpaired) electrons. The molecule has 0 saturated heterocycles. The number of nitrogens with zero attached hydrogens (tertiary/aromatic N) is 2. The summed E-state index contributed by atoms with van der Waals surface area (Å²) in [5.41, 5.74) is 13.5. The zero-order valence-electron chi connectivity index (χ0n) is 10.1. The van der Waals surface area contributed by atoms with E-state index in [0.717, 1.165) is 24.0 Å². The minimum absolute atomic E-state index is 0.240. The first-order valence-electron chi connectivity index (χ1n) is 5.95. The van der Waals surface area contributed by atoms with E-state index in [9.17, 15) is 4.39 Å². The molecule has 0 fully saturated rings. The van der Waals surface area contributed by atoms with Gasteiger partial charge in [0.2, 0.25) is 0 Å². The summed E-state index contributed by atoms with van der Waals surface area (Å²) >= 11 is 0. The van der Waals surface area contributed by atoms with Gasteiger partial charge in [-0.3, -0.25) is 0 Å². The molecule has 4 nitrogen and oxygen atoms in total. The molecule has 0 saturated carbocycles. The number of nitrogen functional groups attached to an aromatic ring is 1. The average molecular weight is 248 g/mol. The Hall–Kier alpha value is -1.88. The molecule has 1 heterocycles. The number of aromatic nitrogens is 2. The summed E-state index contributed by atoms with van der Waals surface area (Å²) in [6.07, 6.45) is 3.51. The molecule has 2 rings (SSSR count). The molecular formula is C13H17FN4. The lowest BCUT2D eigenvalue weighted by atomic mass is 10.2. The van der Waals surface area contributed by atoms with Crippen molar-refractivity contribution < 1.29 is 4.39 Å². The fourth-order valence-electron chi connectivity index (χ4n) is 1.81. The molecule has 1 aromatic heterocycles. The summed E-state index contributed by atoms with van der Waals surface area (Å²) in [4.78, 5) is 0. The second-order valence-corrected chi connectivity index (χ2v) is 4.23. The number of aryl methyl sites for hydroxylation is 1. The van der Waals surface area contributed by atoms with Crippen molar-refractivity contribution >= 4 is 5.82 Å². The Kier molecular flexibility index (Phi) is 3.94. The Bertz CT molecular complexity index is 504. The van der Waals surface area contributed by atoms with E-state index in [2.05, 4.69) is 5.10 Å². The average Bonchev–Trinajstić information content (AvgIpc) is 2.71. The van der Waals surface area contributed by atoms with Gasteiger partial charge < -0.3 is 11.5 Å². The van der Waals surface area contributed by atoms with E-state index < -0.39 is 0 Å². The Morgan fingerprint density at radius 1 is 1.22 bits per heavy atom. The van der Waals surface area contributed by atoms with Gasteiger partial charge in [0.05, 0.1) is 12.7 Å². The summed E-state index contributed by atoms with van der Waals surface area (Å²) < 4.78 is 14.5. The third kappa shape index (κ3) is 2.87. The zero-order chi connectivity index (χ0) is 13.0. The monoisotopic (exact) mass is 248 g/mol. The minimum atomic E-state index is -0.240. The molecule has 5 heteroatoms. The number of hydrogen-bond donors (Lipinski definition) is 2. The van der Waals surface area contributed by atoms with Crippen LogP contribution in [0.2, 0.25) is 0 Å². The molecule has 0 atom stereocenters. The fraction of sp³-hybridized carbons (Fsp3) is 0.308. The lowest BCUT2D eigenvalue weighted by Gasteiger charge is -2.05. The largest absolute Gasteiger partial charge is 0.384 e. The predicted molar refractivity (Wildman–Crippen MR) is 69.5 cm³/mol. The van der Waals surface area contributed by atoms with Crippen LogP contribution >= 0.6 is 0 Å². The van der Waals surface area contributed by atoms with Crippen molar-refractivity contribution in [3.63, 3.8) is 0 Å². The molecule has 1 aromatic carbocycles. The molecule has 96 valence electrons. The maximum atomic E-state index is 12.8. The van der Waals surface area contributed by atoms with E-state index in [4.69, 9.17) is 11.5 Å². The maximum Gasteiger partial charge on any atom is 0.125 e. The quantitative estimate of drug-likeness (QED) is 0.843. The van der Waals surface area contributed by atoms with Crippen LogP contribution in [0.25, 0.3) is 0 Å². The van der Waals surface area contributed by atoms with Gasteiger partial charge in [0.25, 0.3) is 0 Å². The Morgan fingerprint density at radius 2 is 1.94 bits per heavy atom. The Balaban J connectivity index is 2.09. The number of hydrogen-bond acceptors (Lipinski definition) is 3. The van der Waals surface area contributed by atoms with Crippen LogP contribution in [-0.2, 0) is 13.0 Å². The van der Waals surface area contributed by atoms with E-state index in [1.165, 1.54) is 12.1 Å². The van der Waals surface area contributed by atoms with Crippen LogP contribution in [-0.4, -0.2) is 16.3 Å². The predicted octanol–water partition coefficient (Wildman–Crippen LogP) is 1.54. The summed E-state index contributed by atoms with van der Waals surface area (Å²) in [7, 11) is 0. The summed E-state index contributed by atoms with van der Waals surface area (Å²) in [5, 5.41) is 4.24. The highest BCUT2D eigenvalue weighted by atomic mass is 19.1. The number of benzene rings is 1. The van der Waals surface area contributed by atoms with Crippen molar-refractivity contribution in [3.05, 3.63) is 47.4 Å². The summed E-state index contributed by atoms with van der Waals surface area (Å²) in [6, 6.07) is 6.33. The number of anilines is 1. The van der Waals surface area contributed by atoms with E-state index in [1.807, 2.05) is 0 Å². The van der Waals surface area contributed by atoms with Crippen molar-refractivity contribution in [2.75, 3.05) is 12.3 Å². The van der Waals surface area contributed by atoms with Crippen LogP contribution in [0.5, 0.6) is 0 Å². The molecule has 0 bridgehead atoms. The van der Waals surface area contributed by atoms with E-state index in [1.54, 1.807) is 23.0 Å². The molecule has 18 heavy (non-hydrogen) atoms. The highest BCUT2D eigenvalue weighted by molar-refractivity contribution is 5.39. The topological polar surface area (TPSA) is 69.9 Å². The van der Waals surface area contributed by atoms with Gasteiger partial charge in [0, 0.05) is 5.56 Å². The van der Waals surface area contributed by atoms with Gasteiger partial charge in [-0.2, -0.15) is 5.10 Å². The minimum Gasteiger partial charge on any atom is -0.384 e. The van der Waals surface area contributed by atoms with Crippen molar-refractivity contribution in [1.82, 2.24) is 9.78 Å². The van der Waals surface area contributed by atoms with Crippen LogP contribution in [0.3, 0.4) is 0 Å².